The van der Waals surface area contributed by atoms with Crippen molar-refractivity contribution in [3.63, 3.8) is 0 Å². The molecule has 0 aliphatic carbocycles. The molecule has 30 heavy (non-hydrogen) atoms. The molecule has 156 valence electrons. The third-order valence-electron chi connectivity index (χ3n) is 5.40. The van der Waals surface area contributed by atoms with Gasteiger partial charge in [-0.15, -0.1) is 0 Å². The maximum absolute atomic E-state index is 13.2. The van der Waals surface area contributed by atoms with Crippen LogP contribution in [0.15, 0.2) is 53.4 Å². The maximum Gasteiger partial charge on any atom is 0.256 e. The first-order valence-electron chi connectivity index (χ1n) is 10.1. The highest BCUT2D eigenvalue weighted by Crippen LogP contribution is 2.28. The number of pyridine rings is 1. The number of carbonyl (C=O) groups excluding carboxylic acids is 1. The van der Waals surface area contributed by atoms with Crippen LogP contribution in [0.5, 0.6) is 0 Å². The van der Waals surface area contributed by atoms with Gasteiger partial charge in [0.1, 0.15) is 4.90 Å². The Bertz CT molecular complexity index is 1220. The van der Waals surface area contributed by atoms with Gasteiger partial charge in [0.2, 0.25) is 10.0 Å². The zero-order valence-electron chi connectivity index (χ0n) is 17.2. The van der Waals surface area contributed by atoms with Gasteiger partial charge >= 0.3 is 0 Å². The summed E-state index contributed by atoms with van der Waals surface area (Å²) in [5.74, 6) is -0.350. The minimum absolute atomic E-state index is 0.131. The number of fused-ring (bicyclic) bond motifs is 1. The minimum atomic E-state index is -3.67. The molecule has 0 bridgehead atoms. The SMILES string of the molecule is Cc1ccc2nc(C)cc(C(=O)Nc3ccccc3S(=O)(=O)N3CCCCC3)c2c1. The van der Waals surface area contributed by atoms with E-state index in [1.54, 1.807) is 30.3 Å². The lowest BCUT2D eigenvalue weighted by molar-refractivity contribution is 0.102. The molecule has 4 rings (SSSR count). The summed E-state index contributed by atoms with van der Waals surface area (Å²) in [5, 5.41) is 3.58. The number of sulfonamides is 1. The highest BCUT2D eigenvalue weighted by molar-refractivity contribution is 7.89. The first-order chi connectivity index (χ1) is 14.4. The molecule has 0 atom stereocenters. The standard InChI is InChI=1S/C23H25N3O3S/c1-16-10-11-20-18(14-16)19(15-17(2)24-20)23(27)25-21-8-4-5-9-22(21)30(28,29)26-12-6-3-7-13-26/h4-5,8-11,14-15H,3,6-7,12-13H2,1-2H3,(H,25,27). The number of piperidine rings is 1. The summed E-state index contributed by atoms with van der Waals surface area (Å²) in [6.07, 6.45) is 2.75. The molecule has 2 aromatic carbocycles. The van der Waals surface area contributed by atoms with E-state index in [2.05, 4.69) is 10.3 Å². The lowest BCUT2D eigenvalue weighted by Crippen LogP contribution is -2.36. The number of anilines is 1. The Morgan fingerprint density at radius 3 is 2.50 bits per heavy atom. The lowest BCUT2D eigenvalue weighted by atomic mass is 10.0. The molecule has 1 aliphatic rings. The van der Waals surface area contributed by atoms with Crippen LogP contribution < -0.4 is 5.32 Å². The van der Waals surface area contributed by atoms with E-state index in [1.807, 2.05) is 32.0 Å². The Morgan fingerprint density at radius 1 is 1.00 bits per heavy atom. The predicted molar refractivity (Wildman–Crippen MR) is 118 cm³/mol. The highest BCUT2D eigenvalue weighted by Gasteiger charge is 2.28. The van der Waals surface area contributed by atoms with Gasteiger partial charge in [-0.2, -0.15) is 4.31 Å². The number of benzene rings is 2. The van der Waals surface area contributed by atoms with E-state index in [1.165, 1.54) is 4.31 Å². The van der Waals surface area contributed by atoms with Crippen LogP contribution in [0.25, 0.3) is 10.9 Å². The monoisotopic (exact) mass is 423 g/mol. The number of aromatic nitrogens is 1. The van der Waals surface area contributed by atoms with Gasteiger partial charge in [-0.3, -0.25) is 9.78 Å². The van der Waals surface area contributed by atoms with Crippen molar-refractivity contribution in [1.29, 1.82) is 0 Å². The lowest BCUT2D eigenvalue weighted by Gasteiger charge is -2.26. The molecule has 1 amide bonds. The van der Waals surface area contributed by atoms with Crippen LogP contribution in [0.2, 0.25) is 0 Å². The molecule has 1 N–H and O–H groups in total. The van der Waals surface area contributed by atoms with E-state index in [0.717, 1.165) is 41.4 Å². The van der Waals surface area contributed by atoms with Gasteiger partial charge in [0.15, 0.2) is 0 Å². The van der Waals surface area contributed by atoms with Crippen LogP contribution in [0.3, 0.4) is 0 Å². The zero-order chi connectivity index (χ0) is 21.3. The van der Waals surface area contributed by atoms with Crippen molar-refractivity contribution in [2.75, 3.05) is 18.4 Å². The summed E-state index contributed by atoms with van der Waals surface area (Å²) in [5.41, 5.74) is 3.26. The van der Waals surface area contributed by atoms with E-state index in [-0.39, 0.29) is 10.8 Å². The average Bonchev–Trinajstić information content (AvgIpc) is 2.74. The second-order valence-electron chi connectivity index (χ2n) is 7.75. The van der Waals surface area contributed by atoms with Crippen molar-refractivity contribution < 1.29 is 13.2 Å². The van der Waals surface area contributed by atoms with Crippen LogP contribution in [0.4, 0.5) is 5.69 Å². The van der Waals surface area contributed by atoms with Gasteiger partial charge in [0.05, 0.1) is 16.8 Å². The van der Waals surface area contributed by atoms with Gasteiger partial charge in [0, 0.05) is 24.2 Å². The molecule has 3 aromatic rings. The van der Waals surface area contributed by atoms with Crippen LogP contribution in [0.1, 0.15) is 40.9 Å². The van der Waals surface area contributed by atoms with Gasteiger partial charge < -0.3 is 5.32 Å². The summed E-state index contributed by atoms with van der Waals surface area (Å²) in [7, 11) is -3.67. The van der Waals surface area contributed by atoms with Gasteiger partial charge in [-0.05, 0) is 57.0 Å². The van der Waals surface area contributed by atoms with Gasteiger partial charge in [0.25, 0.3) is 5.91 Å². The van der Waals surface area contributed by atoms with Crippen LogP contribution >= 0.6 is 0 Å². The molecular formula is C23H25N3O3S. The molecule has 1 saturated heterocycles. The van der Waals surface area contributed by atoms with Gasteiger partial charge in [-0.25, -0.2) is 8.42 Å². The van der Waals surface area contributed by atoms with Crippen molar-refractivity contribution in [2.45, 2.75) is 38.0 Å². The smallest absolute Gasteiger partial charge is 0.256 e. The second-order valence-corrected chi connectivity index (χ2v) is 9.65. The molecule has 0 radical (unpaired) electrons. The van der Waals surface area contributed by atoms with Crippen LogP contribution in [0, 0.1) is 13.8 Å². The Morgan fingerprint density at radius 2 is 1.73 bits per heavy atom. The third-order valence-corrected chi connectivity index (χ3v) is 7.36. The molecule has 7 heteroatoms. The average molecular weight is 424 g/mol. The third kappa shape index (κ3) is 3.95. The quantitative estimate of drug-likeness (QED) is 0.679. The summed E-state index contributed by atoms with van der Waals surface area (Å²) in [6, 6.07) is 14.1. The fourth-order valence-corrected chi connectivity index (χ4v) is 5.55. The number of nitrogens with one attached hydrogen (secondary N) is 1. The normalized spacial score (nSPS) is 15.3. The molecule has 0 saturated carbocycles. The van der Waals surface area contributed by atoms with E-state index in [0.29, 0.717) is 24.3 Å². The maximum atomic E-state index is 13.2. The number of nitrogens with zero attached hydrogens (tertiary/aromatic N) is 2. The molecule has 6 nitrogen and oxygen atoms in total. The van der Waals surface area contributed by atoms with Crippen molar-refractivity contribution >= 4 is 32.5 Å². The topological polar surface area (TPSA) is 79.4 Å². The summed E-state index contributed by atoms with van der Waals surface area (Å²) >= 11 is 0. The molecule has 0 unspecified atom stereocenters. The second kappa shape index (κ2) is 8.16. The van der Waals surface area contributed by atoms with E-state index in [9.17, 15) is 13.2 Å². The number of aryl methyl sites for hydroxylation is 2. The van der Waals surface area contributed by atoms with Crippen molar-refractivity contribution in [3.05, 3.63) is 65.4 Å². The number of hydrogen-bond acceptors (Lipinski definition) is 4. The highest BCUT2D eigenvalue weighted by atomic mass is 32.2. The van der Waals surface area contributed by atoms with Crippen molar-refractivity contribution in [3.8, 4) is 0 Å². The first kappa shape index (κ1) is 20.5. The fourth-order valence-electron chi connectivity index (χ4n) is 3.89. The molecular weight excluding hydrogens is 398 g/mol. The molecule has 1 aliphatic heterocycles. The number of rotatable bonds is 4. The number of amides is 1. The Kier molecular flexibility index (Phi) is 5.58. The Hall–Kier alpha value is -2.77. The number of para-hydroxylation sites is 1. The largest absolute Gasteiger partial charge is 0.321 e. The molecule has 2 heterocycles. The van der Waals surface area contributed by atoms with Crippen molar-refractivity contribution in [1.82, 2.24) is 9.29 Å². The number of hydrogen-bond donors (Lipinski definition) is 1. The van der Waals surface area contributed by atoms with E-state index < -0.39 is 10.0 Å². The van der Waals surface area contributed by atoms with Crippen LogP contribution in [-0.4, -0.2) is 36.7 Å². The molecule has 1 aromatic heterocycles. The van der Waals surface area contributed by atoms with Gasteiger partial charge in [-0.1, -0.05) is 30.2 Å². The Labute approximate surface area is 177 Å². The predicted octanol–water partition coefficient (Wildman–Crippen LogP) is 4.28. The van der Waals surface area contributed by atoms with E-state index in [4.69, 9.17) is 0 Å². The summed E-state index contributed by atoms with van der Waals surface area (Å²) in [4.78, 5) is 17.8. The molecule has 1 fully saturated rings. The first-order valence-corrected chi connectivity index (χ1v) is 11.6. The summed E-state index contributed by atoms with van der Waals surface area (Å²) in [6.45, 7) is 4.82. The van der Waals surface area contributed by atoms with Crippen molar-refractivity contribution in [2.24, 2.45) is 0 Å². The molecule has 0 spiro atoms. The van der Waals surface area contributed by atoms with E-state index >= 15 is 0 Å². The Balaban J connectivity index is 1.72. The number of carbonyl (C=O) groups is 1. The minimum Gasteiger partial charge on any atom is -0.321 e. The fraction of sp³-hybridized carbons (Fsp3) is 0.304. The summed E-state index contributed by atoms with van der Waals surface area (Å²) < 4.78 is 27.9. The zero-order valence-corrected chi connectivity index (χ0v) is 18.0. The van der Waals surface area contributed by atoms with Crippen LogP contribution in [-0.2, 0) is 10.0 Å².